The van der Waals surface area contributed by atoms with Gasteiger partial charge in [-0.3, -0.25) is 4.79 Å². The number of nitrogens with zero attached hydrogens (tertiary/aromatic N) is 1. The standard InChI is InChI=1S/C16H10ClNOS/c17-13-9-5-4-8-12(13)10-14-16(19)20-15(18-14)11-6-2-1-3-7-11/h1-10H/b14-10+. The Labute approximate surface area is 126 Å². The highest BCUT2D eigenvalue weighted by Crippen LogP contribution is 2.30. The summed E-state index contributed by atoms with van der Waals surface area (Å²) in [6.07, 6.45) is 1.73. The molecule has 0 aromatic heterocycles. The quantitative estimate of drug-likeness (QED) is 0.769. The normalized spacial score (nSPS) is 16.6. The molecule has 0 spiro atoms. The minimum Gasteiger partial charge on any atom is -0.279 e. The van der Waals surface area contributed by atoms with Crippen molar-refractivity contribution in [3.63, 3.8) is 0 Å². The maximum Gasteiger partial charge on any atom is 0.244 e. The second-order valence-corrected chi connectivity index (χ2v) is 5.59. The van der Waals surface area contributed by atoms with Gasteiger partial charge in [0.2, 0.25) is 5.12 Å². The average Bonchev–Trinajstić information content (AvgIpc) is 2.84. The molecule has 0 amide bonds. The highest BCUT2D eigenvalue weighted by atomic mass is 35.5. The van der Waals surface area contributed by atoms with E-state index in [-0.39, 0.29) is 5.12 Å². The van der Waals surface area contributed by atoms with E-state index in [0.29, 0.717) is 10.7 Å². The molecule has 0 aliphatic carbocycles. The number of benzene rings is 2. The molecule has 0 saturated carbocycles. The first kappa shape index (κ1) is 13.2. The molecule has 0 saturated heterocycles. The molecule has 2 aromatic carbocycles. The lowest BCUT2D eigenvalue weighted by Crippen LogP contribution is -1.91. The van der Waals surface area contributed by atoms with Gasteiger partial charge in [-0.15, -0.1) is 0 Å². The van der Waals surface area contributed by atoms with Crippen LogP contribution in [-0.2, 0) is 4.79 Å². The number of aliphatic imine (C=N–C) groups is 1. The number of halogens is 1. The van der Waals surface area contributed by atoms with E-state index in [9.17, 15) is 4.79 Å². The Morgan fingerprint density at radius 3 is 2.45 bits per heavy atom. The van der Waals surface area contributed by atoms with E-state index in [4.69, 9.17) is 11.6 Å². The van der Waals surface area contributed by atoms with Crippen LogP contribution in [0.1, 0.15) is 11.1 Å². The van der Waals surface area contributed by atoms with E-state index < -0.39 is 0 Å². The van der Waals surface area contributed by atoms with Crippen LogP contribution in [0.4, 0.5) is 0 Å². The highest BCUT2D eigenvalue weighted by molar-refractivity contribution is 8.27. The van der Waals surface area contributed by atoms with E-state index in [1.807, 2.05) is 48.5 Å². The summed E-state index contributed by atoms with van der Waals surface area (Å²) < 4.78 is 0. The van der Waals surface area contributed by atoms with Crippen LogP contribution in [0.3, 0.4) is 0 Å². The van der Waals surface area contributed by atoms with Gasteiger partial charge in [0.1, 0.15) is 10.7 Å². The van der Waals surface area contributed by atoms with Gasteiger partial charge in [-0.25, -0.2) is 4.99 Å². The van der Waals surface area contributed by atoms with Crippen molar-refractivity contribution in [2.24, 2.45) is 4.99 Å². The molecule has 98 valence electrons. The molecule has 1 aliphatic heterocycles. The molecule has 2 aromatic rings. The van der Waals surface area contributed by atoms with E-state index in [0.717, 1.165) is 27.9 Å². The van der Waals surface area contributed by atoms with Gasteiger partial charge in [0.05, 0.1) is 0 Å². The van der Waals surface area contributed by atoms with E-state index >= 15 is 0 Å². The summed E-state index contributed by atoms with van der Waals surface area (Å²) >= 11 is 7.24. The lowest BCUT2D eigenvalue weighted by atomic mass is 10.2. The predicted octanol–water partition coefficient (Wildman–Crippen LogP) is 4.40. The molecule has 0 unspecified atom stereocenters. The molecule has 4 heteroatoms. The molecule has 0 N–H and O–H groups in total. The first-order valence-corrected chi connectivity index (χ1v) is 7.26. The van der Waals surface area contributed by atoms with Crippen molar-refractivity contribution in [3.8, 4) is 0 Å². The average molecular weight is 300 g/mol. The summed E-state index contributed by atoms with van der Waals surface area (Å²) in [6.45, 7) is 0. The van der Waals surface area contributed by atoms with Gasteiger partial charge in [0, 0.05) is 10.6 Å². The van der Waals surface area contributed by atoms with Crippen LogP contribution >= 0.6 is 23.4 Å². The molecule has 1 heterocycles. The van der Waals surface area contributed by atoms with E-state index in [1.54, 1.807) is 12.1 Å². The zero-order valence-corrected chi connectivity index (χ0v) is 12.0. The Bertz CT molecular complexity index is 722. The van der Waals surface area contributed by atoms with Crippen LogP contribution in [0.25, 0.3) is 6.08 Å². The zero-order valence-electron chi connectivity index (χ0n) is 10.4. The second kappa shape index (κ2) is 5.65. The molecular formula is C16H10ClNOS. The largest absolute Gasteiger partial charge is 0.279 e. The van der Waals surface area contributed by atoms with E-state index in [2.05, 4.69) is 4.99 Å². The summed E-state index contributed by atoms with van der Waals surface area (Å²) in [6, 6.07) is 17.1. The number of hydrogen-bond donors (Lipinski definition) is 0. The first-order valence-electron chi connectivity index (χ1n) is 6.06. The maximum absolute atomic E-state index is 12.0. The summed E-state index contributed by atoms with van der Waals surface area (Å²) in [5.41, 5.74) is 2.19. The third kappa shape index (κ3) is 2.69. The smallest absolute Gasteiger partial charge is 0.244 e. The zero-order chi connectivity index (χ0) is 13.9. The number of rotatable bonds is 2. The topological polar surface area (TPSA) is 29.4 Å². The summed E-state index contributed by atoms with van der Waals surface area (Å²) in [7, 11) is 0. The van der Waals surface area contributed by atoms with Crippen LogP contribution in [0.2, 0.25) is 5.02 Å². The predicted molar refractivity (Wildman–Crippen MR) is 85.0 cm³/mol. The van der Waals surface area contributed by atoms with Gasteiger partial charge in [0.15, 0.2) is 0 Å². The number of thioether (sulfide) groups is 1. The fraction of sp³-hybridized carbons (Fsp3) is 0. The van der Waals surface area contributed by atoms with Crippen LogP contribution in [0.15, 0.2) is 65.3 Å². The van der Waals surface area contributed by atoms with Crippen molar-refractivity contribution in [2.75, 3.05) is 0 Å². The minimum absolute atomic E-state index is 0.0521. The van der Waals surface area contributed by atoms with Crippen molar-refractivity contribution in [1.82, 2.24) is 0 Å². The molecule has 0 atom stereocenters. The molecular weight excluding hydrogens is 290 g/mol. The Morgan fingerprint density at radius 2 is 1.70 bits per heavy atom. The van der Waals surface area contributed by atoms with Crippen molar-refractivity contribution in [1.29, 1.82) is 0 Å². The van der Waals surface area contributed by atoms with Gasteiger partial charge < -0.3 is 0 Å². The lowest BCUT2D eigenvalue weighted by molar-refractivity contribution is -0.107. The van der Waals surface area contributed by atoms with Gasteiger partial charge in [-0.05, 0) is 29.5 Å². The monoisotopic (exact) mass is 299 g/mol. The fourth-order valence-electron chi connectivity index (χ4n) is 1.85. The van der Waals surface area contributed by atoms with Crippen LogP contribution < -0.4 is 0 Å². The Morgan fingerprint density at radius 1 is 1.00 bits per heavy atom. The van der Waals surface area contributed by atoms with Crippen LogP contribution in [0.5, 0.6) is 0 Å². The van der Waals surface area contributed by atoms with Crippen molar-refractivity contribution in [3.05, 3.63) is 76.4 Å². The number of carbonyl (C=O) groups excluding carboxylic acids is 1. The minimum atomic E-state index is -0.0521. The third-order valence-electron chi connectivity index (χ3n) is 2.84. The number of hydrogen-bond acceptors (Lipinski definition) is 3. The summed E-state index contributed by atoms with van der Waals surface area (Å²) in [5, 5.41) is 1.29. The molecule has 3 rings (SSSR count). The summed E-state index contributed by atoms with van der Waals surface area (Å²) in [5.74, 6) is 0. The molecule has 0 radical (unpaired) electrons. The van der Waals surface area contributed by atoms with Gasteiger partial charge in [-0.1, -0.05) is 60.1 Å². The fourth-order valence-corrected chi connectivity index (χ4v) is 2.83. The Hall–Kier alpha value is -1.84. The van der Waals surface area contributed by atoms with E-state index in [1.165, 1.54) is 0 Å². The molecule has 1 aliphatic rings. The van der Waals surface area contributed by atoms with Gasteiger partial charge >= 0.3 is 0 Å². The first-order chi connectivity index (χ1) is 9.74. The van der Waals surface area contributed by atoms with Crippen molar-refractivity contribution < 1.29 is 4.79 Å². The summed E-state index contributed by atoms with van der Waals surface area (Å²) in [4.78, 5) is 16.4. The van der Waals surface area contributed by atoms with Crippen LogP contribution in [-0.4, -0.2) is 10.2 Å². The Balaban J connectivity index is 1.97. The van der Waals surface area contributed by atoms with Gasteiger partial charge in [0.25, 0.3) is 0 Å². The SMILES string of the molecule is O=C1SC(c2ccccc2)=N/C1=C/c1ccccc1Cl. The highest BCUT2D eigenvalue weighted by Gasteiger charge is 2.23. The van der Waals surface area contributed by atoms with Gasteiger partial charge in [-0.2, -0.15) is 0 Å². The molecule has 20 heavy (non-hydrogen) atoms. The lowest BCUT2D eigenvalue weighted by Gasteiger charge is -1.97. The van der Waals surface area contributed by atoms with Crippen LogP contribution in [0, 0.1) is 0 Å². The Kier molecular flexibility index (Phi) is 3.72. The molecule has 0 fully saturated rings. The maximum atomic E-state index is 12.0. The third-order valence-corrected chi connectivity index (χ3v) is 4.10. The number of carbonyl (C=O) groups is 1. The second-order valence-electron chi connectivity index (χ2n) is 4.22. The molecule has 0 bridgehead atoms. The van der Waals surface area contributed by atoms with Crippen molar-refractivity contribution >= 4 is 39.6 Å². The molecule has 2 nitrogen and oxygen atoms in total. The van der Waals surface area contributed by atoms with Crippen molar-refractivity contribution in [2.45, 2.75) is 0 Å².